The van der Waals surface area contributed by atoms with Crippen molar-refractivity contribution in [1.82, 2.24) is 14.5 Å². The van der Waals surface area contributed by atoms with Crippen molar-refractivity contribution in [3.63, 3.8) is 0 Å². The molecule has 1 amide bonds. The van der Waals surface area contributed by atoms with Gasteiger partial charge in [-0.1, -0.05) is 13.8 Å². The third kappa shape index (κ3) is 2.32. The zero-order valence-corrected chi connectivity index (χ0v) is 13.4. The quantitative estimate of drug-likeness (QED) is 0.807. The minimum absolute atomic E-state index is 0.125. The van der Waals surface area contributed by atoms with Crippen molar-refractivity contribution < 1.29 is 9.21 Å². The Labute approximate surface area is 128 Å². The molecule has 3 rings (SSSR count). The van der Waals surface area contributed by atoms with Crippen molar-refractivity contribution in [3.8, 4) is 0 Å². The van der Waals surface area contributed by atoms with Crippen molar-refractivity contribution >= 4 is 17.0 Å². The normalized spacial score (nSPS) is 22.3. The number of likely N-dealkylation sites (tertiary alicyclic amines) is 1. The molecule has 1 aliphatic heterocycles. The summed E-state index contributed by atoms with van der Waals surface area (Å²) in [4.78, 5) is 31.3. The molecule has 6 heteroatoms. The number of carbonyl (C=O) groups is 1. The van der Waals surface area contributed by atoms with Crippen LogP contribution in [0, 0.1) is 18.8 Å². The number of nitrogens with zero attached hydrogens (tertiary/aromatic N) is 3. The van der Waals surface area contributed by atoms with Gasteiger partial charge in [-0.05, 0) is 25.2 Å². The van der Waals surface area contributed by atoms with Crippen LogP contribution in [0.5, 0.6) is 0 Å². The molecule has 0 aromatic carbocycles. The average Bonchev–Trinajstić information content (AvgIpc) is 2.78. The van der Waals surface area contributed by atoms with Gasteiger partial charge in [0.25, 0.3) is 11.5 Å². The minimum Gasteiger partial charge on any atom is -0.442 e. The van der Waals surface area contributed by atoms with E-state index >= 15 is 0 Å². The second-order valence-corrected chi connectivity index (χ2v) is 6.53. The molecule has 118 valence electrons. The van der Waals surface area contributed by atoms with Gasteiger partial charge in [0.1, 0.15) is 17.5 Å². The fraction of sp³-hybridized carbons (Fsp3) is 0.562. The predicted octanol–water partition coefficient (Wildman–Crippen LogP) is 1.95. The summed E-state index contributed by atoms with van der Waals surface area (Å²) in [5.74, 6) is 1.26. The van der Waals surface area contributed by atoms with Gasteiger partial charge in [-0.15, -0.1) is 0 Å². The molecule has 0 N–H and O–H groups in total. The highest BCUT2D eigenvalue weighted by Gasteiger charge is 2.30. The van der Waals surface area contributed by atoms with E-state index in [4.69, 9.17) is 4.42 Å². The zero-order valence-electron chi connectivity index (χ0n) is 13.4. The number of amides is 1. The number of carbonyl (C=O) groups excluding carboxylic acids is 1. The maximum absolute atomic E-state index is 12.9. The molecule has 1 saturated heterocycles. The average molecular weight is 303 g/mol. The fourth-order valence-electron chi connectivity index (χ4n) is 3.43. The maximum atomic E-state index is 12.9. The lowest BCUT2D eigenvalue weighted by molar-refractivity contribution is 0.0623. The van der Waals surface area contributed by atoms with E-state index in [-0.39, 0.29) is 17.2 Å². The Morgan fingerprint density at radius 3 is 2.59 bits per heavy atom. The largest absolute Gasteiger partial charge is 0.442 e. The van der Waals surface area contributed by atoms with Crippen LogP contribution in [-0.2, 0) is 7.05 Å². The highest BCUT2D eigenvalue weighted by atomic mass is 16.3. The lowest BCUT2D eigenvalue weighted by atomic mass is 9.91. The van der Waals surface area contributed by atoms with Gasteiger partial charge >= 0.3 is 0 Å². The Morgan fingerprint density at radius 1 is 1.32 bits per heavy atom. The van der Waals surface area contributed by atoms with E-state index in [1.54, 1.807) is 14.0 Å². The van der Waals surface area contributed by atoms with Crippen LogP contribution in [0.1, 0.15) is 36.4 Å². The summed E-state index contributed by atoms with van der Waals surface area (Å²) in [5.41, 5.74) is 0.357. The van der Waals surface area contributed by atoms with E-state index in [0.29, 0.717) is 28.5 Å². The van der Waals surface area contributed by atoms with Crippen LogP contribution in [0.4, 0.5) is 0 Å². The van der Waals surface area contributed by atoms with Crippen LogP contribution in [0.15, 0.2) is 15.5 Å². The molecule has 0 radical (unpaired) electrons. The fourth-order valence-corrected chi connectivity index (χ4v) is 3.43. The van der Waals surface area contributed by atoms with Crippen molar-refractivity contribution in [3.05, 3.63) is 28.0 Å². The summed E-state index contributed by atoms with van der Waals surface area (Å²) in [6.07, 6.45) is 2.53. The summed E-state index contributed by atoms with van der Waals surface area (Å²) < 4.78 is 6.90. The second kappa shape index (κ2) is 5.26. The summed E-state index contributed by atoms with van der Waals surface area (Å²) in [7, 11) is 1.62. The summed E-state index contributed by atoms with van der Waals surface area (Å²) in [6, 6.07) is 0. The van der Waals surface area contributed by atoms with Gasteiger partial charge in [0, 0.05) is 20.1 Å². The predicted molar refractivity (Wildman–Crippen MR) is 82.8 cm³/mol. The molecule has 0 aliphatic carbocycles. The summed E-state index contributed by atoms with van der Waals surface area (Å²) in [5, 5.41) is 0.290. The van der Waals surface area contributed by atoms with E-state index in [2.05, 4.69) is 18.8 Å². The third-order valence-electron chi connectivity index (χ3n) is 4.32. The second-order valence-electron chi connectivity index (χ2n) is 6.53. The Morgan fingerprint density at radius 2 is 1.95 bits per heavy atom. The van der Waals surface area contributed by atoms with Gasteiger partial charge in [-0.25, -0.2) is 4.98 Å². The third-order valence-corrected chi connectivity index (χ3v) is 4.32. The zero-order chi connectivity index (χ0) is 16.0. The van der Waals surface area contributed by atoms with E-state index in [0.717, 1.165) is 19.5 Å². The first-order valence-corrected chi connectivity index (χ1v) is 7.62. The number of rotatable bonds is 1. The SMILES string of the molecule is Cc1oc2ncn(C)c(=O)c2c1C(=O)N1C[C@H](C)C[C@H](C)C1. The number of aromatic nitrogens is 2. The van der Waals surface area contributed by atoms with E-state index in [1.807, 2.05) is 4.90 Å². The highest BCUT2D eigenvalue weighted by molar-refractivity contribution is 6.06. The van der Waals surface area contributed by atoms with Gasteiger partial charge in [-0.3, -0.25) is 9.59 Å². The van der Waals surface area contributed by atoms with Crippen molar-refractivity contribution in [2.45, 2.75) is 27.2 Å². The molecule has 1 fully saturated rings. The molecule has 2 aromatic heterocycles. The highest BCUT2D eigenvalue weighted by Crippen LogP contribution is 2.26. The Kier molecular flexibility index (Phi) is 3.54. The molecular weight excluding hydrogens is 282 g/mol. The molecule has 2 atom stereocenters. The minimum atomic E-state index is -0.247. The number of piperidine rings is 1. The number of aryl methyl sites for hydroxylation is 2. The van der Waals surface area contributed by atoms with Crippen LogP contribution in [0.2, 0.25) is 0 Å². The van der Waals surface area contributed by atoms with E-state index < -0.39 is 0 Å². The van der Waals surface area contributed by atoms with Gasteiger partial charge in [0.15, 0.2) is 0 Å². The Balaban J connectivity index is 2.09. The standard InChI is InChI=1S/C16H21N3O3/c1-9-5-10(2)7-19(6-9)16(21)12-11(3)22-14-13(12)15(20)18(4)8-17-14/h8-10H,5-7H2,1-4H3/t9-,10+. The van der Waals surface area contributed by atoms with E-state index in [1.165, 1.54) is 10.9 Å². The van der Waals surface area contributed by atoms with Crippen molar-refractivity contribution in [2.24, 2.45) is 18.9 Å². The molecule has 6 nitrogen and oxygen atoms in total. The van der Waals surface area contributed by atoms with Crippen molar-refractivity contribution in [1.29, 1.82) is 0 Å². The molecule has 0 bridgehead atoms. The van der Waals surface area contributed by atoms with Gasteiger partial charge in [-0.2, -0.15) is 0 Å². The molecule has 2 aromatic rings. The molecule has 0 spiro atoms. The topological polar surface area (TPSA) is 68.3 Å². The molecule has 1 aliphatic rings. The van der Waals surface area contributed by atoms with Gasteiger partial charge in [0.2, 0.25) is 5.71 Å². The van der Waals surface area contributed by atoms with Gasteiger partial charge in [0.05, 0.1) is 5.56 Å². The van der Waals surface area contributed by atoms with Crippen LogP contribution >= 0.6 is 0 Å². The number of hydrogen-bond donors (Lipinski definition) is 0. The molecule has 3 heterocycles. The smallest absolute Gasteiger partial charge is 0.265 e. The van der Waals surface area contributed by atoms with Crippen LogP contribution in [-0.4, -0.2) is 33.4 Å². The number of furan rings is 1. The Bertz CT molecular complexity index is 780. The molecule has 0 unspecified atom stereocenters. The number of hydrogen-bond acceptors (Lipinski definition) is 4. The van der Waals surface area contributed by atoms with Crippen molar-refractivity contribution in [2.75, 3.05) is 13.1 Å². The molecular formula is C16H21N3O3. The van der Waals surface area contributed by atoms with Crippen LogP contribution < -0.4 is 5.56 Å². The maximum Gasteiger partial charge on any atom is 0.265 e. The lowest BCUT2D eigenvalue weighted by Crippen LogP contribution is -2.43. The first-order valence-electron chi connectivity index (χ1n) is 7.62. The van der Waals surface area contributed by atoms with Gasteiger partial charge < -0.3 is 13.9 Å². The summed E-state index contributed by atoms with van der Waals surface area (Å²) in [6.45, 7) is 7.45. The first kappa shape index (κ1) is 14.8. The number of fused-ring (bicyclic) bond motifs is 1. The van der Waals surface area contributed by atoms with E-state index in [9.17, 15) is 9.59 Å². The first-order chi connectivity index (χ1) is 10.4. The molecule has 0 saturated carbocycles. The Hall–Kier alpha value is -2.11. The monoisotopic (exact) mass is 303 g/mol. The van der Waals surface area contributed by atoms with Crippen LogP contribution in [0.3, 0.4) is 0 Å². The lowest BCUT2D eigenvalue weighted by Gasteiger charge is -2.34. The molecule has 22 heavy (non-hydrogen) atoms. The van der Waals surface area contributed by atoms with Crippen LogP contribution in [0.25, 0.3) is 11.1 Å². The summed E-state index contributed by atoms with van der Waals surface area (Å²) >= 11 is 0.